The van der Waals surface area contributed by atoms with Crippen molar-refractivity contribution in [3.05, 3.63) is 88.9 Å². The van der Waals surface area contributed by atoms with Crippen molar-refractivity contribution in [2.45, 2.75) is 76.5 Å². The quantitative estimate of drug-likeness (QED) is 0.257. The number of nitrogens with zero attached hydrogens (tertiary/aromatic N) is 4. The zero-order chi connectivity index (χ0) is 31.2. The first-order valence-corrected chi connectivity index (χ1v) is 15.3. The first-order valence-electron chi connectivity index (χ1n) is 15.3. The van der Waals surface area contributed by atoms with Gasteiger partial charge in [0.2, 0.25) is 5.91 Å². The molecule has 230 valence electrons. The molecule has 3 heterocycles. The summed E-state index contributed by atoms with van der Waals surface area (Å²) in [6, 6.07) is 16.7. The molecule has 0 saturated carbocycles. The van der Waals surface area contributed by atoms with Crippen LogP contribution in [-0.4, -0.2) is 45.0 Å². The highest BCUT2D eigenvalue weighted by Gasteiger charge is 2.40. The van der Waals surface area contributed by atoms with Gasteiger partial charge in [-0.05, 0) is 98.6 Å². The van der Waals surface area contributed by atoms with E-state index in [9.17, 15) is 9.59 Å². The lowest BCUT2D eigenvalue weighted by atomic mass is 9.85. The van der Waals surface area contributed by atoms with Gasteiger partial charge in [-0.1, -0.05) is 45.0 Å². The van der Waals surface area contributed by atoms with E-state index in [0.717, 1.165) is 59.7 Å². The monoisotopic (exact) mass is 595 g/mol. The summed E-state index contributed by atoms with van der Waals surface area (Å²) in [4.78, 5) is 27.5. The Hall–Kier alpha value is -4.44. The van der Waals surface area contributed by atoms with Crippen LogP contribution in [0.2, 0.25) is 0 Å². The van der Waals surface area contributed by atoms with Crippen LogP contribution < -0.4 is 21.1 Å². The molecule has 6 rings (SSSR count). The molecular formula is C34H41N7O3. The van der Waals surface area contributed by atoms with Gasteiger partial charge in [-0.2, -0.15) is 0 Å². The number of carbonyl (C=O) groups excluding carboxylic acids is 2. The standard InChI is InChI=1S/C34H41N7O3/c1-33(2,3)22-17-21(30(35)42)18-23(19-22)36-32(43)37-27-12-13-28(26-10-7-6-9-25(26)27)44-24-11-14-29-38-39-31(41(29)20-24)34(4)15-8-16-40(34)5/h6-7,9-11,14,17-20,27-28H,8,12-13,15-16H2,1-5H3,(H2,35,42)(H2,36,37,43)/t27-,28+,34-/m0/s1. The molecule has 1 saturated heterocycles. The molecule has 0 radical (unpaired) electrons. The second-order valence-electron chi connectivity index (χ2n) is 13.3. The summed E-state index contributed by atoms with van der Waals surface area (Å²) in [5.74, 6) is 1.13. The molecular weight excluding hydrogens is 554 g/mol. The summed E-state index contributed by atoms with van der Waals surface area (Å²) in [5, 5.41) is 15.0. The normalized spacial score (nSPS) is 22.0. The molecule has 1 aliphatic carbocycles. The van der Waals surface area contributed by atoms with E-state index < -0.39 is 5.91 Å². The lowest BCUT2D eigenvalue weighted by Crippen LogP contribution is -2.37. The topological polar surface area (TPSA) is 127 Å². The first kappa shape index (κ1) is 29.6. The number of rotatable bonds is 6. The predicted octanol–water partition coefficient (Wildman–Crippen LogP) is 5.84. The number of primary amides is 1. The van der Waals surface area contributed by atoms with Crippen LogP contribution in [0.3, 0.4) is 0 Å². The lowest BCUT2D eigenvalue weighted by molar-refractivity contribution is 0.1000. The third-order valence-corrected chi connectivity index (χ3v) is 9.22. The SMILES string of the molecule is CN1CCC[C@@]1(C)c1nnc2ccc(O[C@@H]3CC[C@H](NC(=O)Nc4cc(C(N)=O)cc(C(C)(C)C)c4)c4ccccc43)cn12. The van der Waals surface area contributed by atoms with Gasteiger partial charge in [0.15, 0.2) is 11.5 Å². The number of carbonyl (C=O) groups is 2. The molecule has 3 amide bonds. The second-order valence-corrected chi connectivity index (χ2v) is 13.3. The van der Waals surface area contributed by atoms with E-state index in [2.05, 4.69) is 50.2 Å². The number of benzene rings is 2. The van der Waals surface area contributed by atoms with E-state index in [-0.39, 0.29) is 29.1 Å². The molecule has 2 aromatic heterocycles. The van der Waals surface area contributed by atoms with Gasteiger partial charge in [0, 0.05) is 11.3 Å². The van der Waals surface area contributed by atoms with Crippen molar-refractivity contribution in [1.29, 1.82) is 0 Å². The van der Waals surface area contributed by atoms with Crippen LogP contribution in [0.5, 0.6) is 5.75 Å². The van der Waals surface area contributed by atoms with Crippen LogP contribution in [0.15, 0.2) is 60.8 Å². The predicted molar refractivity (Wildman–Crippen MR) is 170 cm³/mol. The number of hydrogen-bond donors (Lipinski definition) is 3. The van der Waals surface area contributed by atoms with E-state index >= 15 is 0 Å². The Bertz CT molecular complexity index is 1730. The molecule has 4 N–H and O–H groups in total. The summed E-state index contributed by atoms with van der Waals surface area (Å²) in [6.45, 7) is 9.40. The van der Waals surface area contributed by atoms with Crippen LogP contribution in [0.1, 0.15) is 98.4 Å². The fourth-order valence-electron chi connectivity index (χ4n) is 6.48. The number of amides is 3. The summed E-state index contributed by atoms with van der Waals surface area (Å²) in [6.07, 6.45) is 5.40. The number of aromatic nitrogens is 3. The van der Waals surface area contributed by atoms with Gasteiger partial charge in [-0.15, -0.1) is 10.2 Å². The van der Waals surface area contributed by atoms with Crippen LogP contribution >= 0.6 is 0 Å². The van der Waals surface area contributed by atoms with Gasteiger partial charge in [0.25, 0.3) is 0 Å². The minimum atomic E-state index is -0.536. The van der Waals surface area contributed by atoms with Gasteiger partial charge in [0.05, 0.1) is 17.8 Å². The number of urea groups is 1. The van der Waals surface area contributed by atoms with Crippen LogP contribution in [0.4, 0.5) is 10.5 Å². The highest BCUT2D eigenvalue weighted by molar-refractivity contribution is 5.96. The van der Waals surface area contributed by atoms with Gasteiger partial charge in [-0.3, -0.25) is 14.1 Å². The minimum absolute atomic E-state index is 0.170. The van der Waals surface area contributed by atoms with E-state index in [1.165, 1.54) is 0 Å². The Morgan fingerprint density at radius 3 is 2.52 bits per heavy atom. The van der Waals surface area contributed by atoms with Crippen LogP contribution in [-0.2, 0) is 11.0 Å². The number of anilines is 1. The molecule has 44 heavy (non-hydrogen) atoms. The number of pyridine rings is 1. The average molecular weight is 596 g/mol. The molecule has 0 spiro atoms. The van der Waals surface area contributed by atoms with Gasteiger partial charge < -0.3 is 21.1 Å². The highest BCUT2D eigenvalue weighted by atomic mass is 16.5. The van der Waals surface area contributed by atoms with Crippen molar-refractivity contribution in [2.75, 3.05) is 18.9 Å². The summed E-state index contributed by atoms with van der Waals surface area (Å²) in [5.41, 5.74) is 9.83. The fraction of sp³-hybridized carbons (Fsp3) is 0.412. The number of hydrogen-bond acceptors (Lipinski definition) is 6. The van der Waals surface area contributed by atoms with E-state index in [1.54, 1.807) is 12.1 Å². The Kier molecular flexibility index (Phi) is 7.57. The smallest absolute Gasteiger partial charge is 0.319 e. The van der Waals surface area contributed by atoms with E-state index in [1.807, 2.05) is 63.4 Å². The number of ether oxygens (including phenoxy) is 1. The first-order chi connectivity index (χ1) is 20.9. The summed E-state index contributed by atoms with van der Waals surface area (Å²) < 4.78 is 8.66. The maximum absolute atomic E-state index is 13.2. The zero-order valence-electron chi connectivity index (χ0n) is 26.1. The van der Waals surface area contributed by atoms with Crippen LogP contribution in [0, 0.1) is 0 Å². The van der Waals surface area contributed by atoms with E-state index in [0.29, 0.717) is 17.7 Å². The number of fused-ring (bicyclic) bond motifs is 2. The molecule has 2 aliphatic rings. The van der Waals surface area contributed by atoms with Crippen molar-refractivity contribution >= 4 is 23.3 Å². The zero-order valence-corrected chi connectivity index (χ0v) is 26.1. The lowest BCUT2D eigenvalue weighted by Gasteiger charge is -2.32. The number of nitrogens with two attached hydrogens (primary N) is 1. The molecule has 4 aromatic rings. The van der Waals surface area contributed by atoms with Crippen molar-refractivity contribution in [3.8, 4) is 5.75 Å². The largest absolute Gasteiger partial charge is 0.484 e. The van der Waals surface area contributed by atoms with Gasteiger partial charge in [-0.25, -0.2) is 4.79 Å². The van der Waals surface area contributed by atoms with Crippen molar-refractivity contribution in [1.82, 2.24) is 24.8 Å². The molecule has 0 bridgehead atoms. The third-order valence-electron chi connectivity index (χ3n) is 9.22. The molecule has 2 aromatic carbocycles. The molecule has 3 atom stereocenters. The Morgan fingerprint density at radius 1 is 1.05 bits per heavy atom. The maximum atomic E-state index is 13.2. The summed E-state index contributed by atoms with van der Waals surface area (Å²) in [7, 11) is 2.14. The van der Waals surface area contributed by atoms with Crippen molar-refractivity contribution < 1.29 is 14.3 Å². The fourth-order valence-corrected chi connectivity index (χ4v) is 6.48. The molecule has 10 nitrogen and oxygen atoms in total. The average Bonchev–Trinajstić information content (AvgIpc) is 3.56. The van der Waals surface area contributed by atoms with Gasteiger partial charge in [0.1, 0.15) is 11.9 Å². The Balaban J connectivity index is 1.20. The van der Waals surface area contributed by atoms with Gasteiger partial charge >= 0.3 is 6.03 Å². The number of likely N-dealkylation sites (tertiary alicyclic amines) is 1. The molecule has 1 fully saturated rings. The molecule has 0 unspecified atom stereocenters. The third kappa shape index (κ3) is 5.61. The Labute approximate surface area is 258 Å². The van der Waals surface area contributed by atoms with Crippen molar-refractivity contribution in [2.24, 2.45) is 5.73 Å². The van der Waals surface area contributed by atoms with Crippen LogP contribution in [0.25, 0.3) is 5.65 Å². The second kappa shape index (κ2) is 11.2. The summed E-state index contributed by atoms with van der Waals surface area (Å²) >= 11 is 0. The van der Waals surface area contributed by atoms with E-state index in [4.69, 9.17) is 10.5 Å². The highest BCUT2D eigenvalue weighted by Crippen LogP contribution is 2.40. The minimum Gasteiger partial charge on any atom is -0.484 e. The molecule has 1 aliphatic heterocycles. The number of nitrogens with one attached hydrogen (secondary N) is 2. The van der Waals surface area contributed by atoms with Crippen molar-refractivity contribution in [3.63, 3.8) is 0 Å². The Morgan fingerprint density at radius 2 is 1.82 bits per heavy atom. The molecule has 10 heteroatoms. The maximum Gasteiger partial charge on any atom is 0.319 e.